The summed E-state index contributed by atoms with van der Waals surface area (Å²) in [4.78, 5) is 15.1. The zero-order chi connectivity index (χ0) is 29.5. The molecule has 1 N–H and O–H groups in total. The van der Waals surface area contributed by atoms with E-state index in [1.807, 2.05) is 0 Å². The number of cyclic esters (lactones) is 1. The van der Waals surface area contributed by atoms with Crippen molar-refractivity contribution in [3.63, 3.8) is 0 Å². The molecule has 6 heteroatoms. The van der Waals surface area contributed by atoms with Crippen LogP contribution in [0, 0.1) is 23.7 Å². The summed E-state index contributed by atoms with van der Waals surface area (Å²) >= 11 is 0. The van der Waals surface area contributed by atoms with Crippen LogP contribution in [-0.4, -0.2) is 47.8 Å². The zero-order valence-electron chi connectivity index (χ0n) is 26.1. The number of carbonyl (C=O) groups is 1. The van der Waals surface area contributed by atoms with Crippen LogP contribution in [0.15, 0.2) is 59.0 Å². The van der Waals surface area contributed by atoms with Gasteiger partial charge in [-0.3, -0.25) is 4.90 Å². The van der Waals surface area contributed by atoms with Crippen LogP contribution in [0.2, 0.25) is 0 Å². The number of ether oxygens (including phenoxy) is 3. The van der Waals surface area contributed by atoms with E-state index in [0.717, 1.165) is 38.0 Å². The lowest BCUT2D eigenvalue weighted by Crippen LogP contribution is -2.60. The fourth-order valence-corrected chi connectivity index (χ4v) is 9.02. The van der Waals surface area contributed by atoms with E-state index in [4.69, 9.17) is 14.2 Å². The van der Waals surface area contributed by atoms with Gasteiger partial charge in [0.25, 0.3) is 0 Å². The first kappa shape index (κ1) is 29.5. The molecule has 0 aromatic heterocycles. The van der Waals surface area contributed by atoms with Crippen molar-refractivity contribution in [3.8, 4) is 0 Å². The molecule has 0 bridgehead atoms. The van der Waals surface area contributed by atoms with Gasteiger partial charge in [-0.15, -0.1) is 0 Å². The van der Waals surface area contributed by atoms with Crippen molar-refractivity contribution in [3.05, 3.63) is 70.1 Å². The molecule has 8 atom stereocenters. The SMILES string of the molecule is CCCCCc1cccc([C@@H]2CC[C@@H]3[C@H]2C[C@H]2[C@@H]4C(=CCCN2[C@@H]3[C@@H](O)CC)O/C(=C2/OC(=O)C(C)=C2OC)[C@H]4C)c1. The second kappa shape index (κ2) is 12.2. The highest BCUT2D eigenvalue weighted by molar-refractivity contribution is 5.93. The smallest absolute Gasteiger partial charge is 0.343 e. The predicted molar refractivity (Wildman–Crippen MR) is 163 cm³/mol. The van der Waals surface area contributed by atoms with Gasteiger partial charge >= 0.3 is 5.97 Å². The van der Waals surface area contributed by atoms with E-state index < -0.39 is 0 Å². The quantitative estimate of drug-likeness (QED) is 0.266. The number of aryl methyl sites for hydroxylation is 1. The van der Waals surface area contributed by atoms with Gasteiger partial charge in [0.1, 0.15) is 5.76 Å². The van der Waals surface area contributed by atoms with Gasteiger partial charge in [0.2, 0.25) is 5.76 Å². The minimum Gasteiger partial charge on any atom is -0.492 e. The number of methoxy groups -OCH3 is 1. The number of unbranched alkanes of at least 4 members (excludes halogenated alkanes) is 2. The van der Waals surface area contributed by atoms with E-state index in [0.29, 0.717) is 40.6 Å². The van der Waals surface area contributed by atoms with Crippen molar-refractivity contribution >= 4 is 5.97 Å². The van der Waals surface area contributed by atoms with Gasteiger partial charge in [-0.2, -0.15) is 0 Å². The molecule has 1 aromatic carbocycles. The number of fused-ring (bicyclic) bond motifs is 4. The maximum Gasteiger partial charge on any atom is 0.343 e. The number of nitrogens with zero attached hydrogens (tertiary/aromatic N) is 1. The Balaban J connectivity index is 1.34. The number of piperidine rings is 1. The minimum absolute atomic E-state index is 0.0263. The third-order valence-electron chi connectivity index (χ3n) is 11.0. The molecular formula is C36H49NO5. The molecular weight excluding hydrogens is 526 g/mol. The number of carbonyl (C=O) groups excluding carboxylic acids is 1. The molecule has 1 aliphatic carbocycles. The lowest BCUT2D eigenvalue weighted by atomic mass is 9.68. The summed E-state index contributed by atoms with van der Waals surface area (Å²) < 4.78 is 17.9. The number of aliphatic hydroxyl groups excluding tert-OH is 1. The molecule has 42 heavy (non-hydrogen) atoms. The maximum absolute atomic E-state index is 12.5. The van der Waals surface area contributed by atoms with E-state index in [2.05, 4.69) is 56.0 Å². The van der Waals surface area contributed by atoms with E-state index in [9.17, 15) is 9.90 Å². The number of allylic oxidation sites excluding steroid dienone is 1. The van der Waals surface area contributed by atoms with Gasteiger partial charge < -0.3 is 19.3 Å². The monoisotopic (exact) mass is 575 g/mol. The third kappa shape index (κ3) is 5.02. The second-order valence-corrected chi connectivity index (χ2v) is 13.3. The first-order valence-corrected chi connectivity index (χ1v) is 16.5. The highest BCUT2D eigenvalue weighted by atomic mass is 16.6. The van der Waals surface area contributed by atoms with E-state index in [1.165, 1.54) is 43.2 Å². The van der Waals surface area contributed by atoms with Gasteiger partial charge in [0.15, 0.2) is 11.5 Å². The molecule has 5 aliphatic rings. The summed E-state index contributed by atoms with van der Waals surface area (Å²) in [5, 5.41) is 11.6. The topological polar surface area (TPSA) is 68.2 Å². The molecule has 3 fully saturated rings. The highest BCUT2D eigenvalue weighted by Gasteiger charge is 2.56. The molecule has 6 nitrogen and oxygen atoms in total. The van der Waals surface area contributed by atoms with Crippen molar-refractivity contribution in [2.75, 3.05) is 13.7 Å². The molecule has 4 heterocycles. The van der Waals surface area contributed by atoms with Crippen molar-refractivity contribution in [2.24, 2.45) is 23.7 Å². The second-order valence-electron chi connectivity index (χ2n) is 13.3. The summed E-state index contributed by atoms with van der Waals surface area (Å²) in [5.41, 5.74) is 3.43. The molecule has 2 saturated heterocycles. The van der Waals surface area contributed by atoms with Gasteiger partial charge in [-0.05, 0) is 86.8 Å². The Morgan fingerprint density at radius 1 is 1.14 bits per heavy atom. The number of hydrogen-bond acceptors (Lipinski definition) is 6. The summed E-state index contributed by atoms with van der Waals surface area (Å²) in [5.74, 6) is 3.93. The number of aliphatic hydroxyl groups is 1. The van der Waals surface area contributed by atoms with E-state index in [-0.39, 0.29) is 36.0 Å². The number of hydrogen-bond donors (Lipinski definition) is 1. The van der Waals surface area contributed by atoms with Crippen LogP contribution < -0.4 is 0 Å². The Hall–Kier alpha value is -2.57. The van der Waals surface area contributed by atoms with Crippen molar-refractivity contribution < 1.29 is 24.1 Å². The number of benzene rings is 1. The molecule has 6 rings (SSSR count). The average Bonchev–Trinajstić information content (AvgIpc) is 3.60. The maximum atomic E-state index is 12.5. The third-order valence-corrected chi connectivity index (χ3v) is 11.0. The largest absolute Gasteiger partial charge is 0.492 e. The van der Waals surface area contributed by atoms with E-state index in [1.54, 1.807) is 14.0 Å². The van der Waals surface area contributed by atoms with Crippen molar-refractivity contribution in [1.82, 2.24) is 4.90 Å². The normalized spacial score (nSPS) is 35.1. The Morgan fingerprint density at radius 2 is 1.98 bits per heavy atom. The van der Waals surface area contributed by atoms with Crippen LogP contribution in [0.25, 0.3) is 0 Å². The molecule has 0 radical (unpaired) electrons. The average molecular weight is 576 g/mol. The van der Waals surface area contributed by atoms with Crippen LogP contribution in [0.5, 0.6) is 0 Å². The molecule has 0 spiro atoms. The number of esters is 1. The zero-order valence-corrected chi connectivity index (χ0v) is 26.1. The van der Waals surface area contributed by atoms with Gasteiger partial charge in [0.05, 0.1) is 18.8 Å². The summed E-state index contributed by atoms with van der Waals surface area (Å²) in [6.45, 7) is 9.27. The molecule has 1 aromatic rings. The summed E-state index contributed by atoms with van der Waals surface area (Å²) in [6, 6.07) is 9.80. The predicted octanol–water partition coefficient (Wildman–Crippen LogP) is 7.00. The minimum atomic E-state index is -0.370. The molecule has 4 aliphatic heterocycles. The highest BCUT2D eigenvalue weighted by Crippen LogP contribution is 2.57. The molecule has 0 unspecified atom stereocenters. The van der Waals surface area contributed by atoms with Crippen LogP contribution >= 0.6 is 0 Å². The van der Waals surface area contributed by atoms with E-state index >= 15 is 0 Å². The standard InChI is InChI=1S/C36H49NO5/c1-6-8-9-12-23-13-10-14-24(19-23)25-16-17-26-27(25)20-28-31-21(3)34(35-33(40-5)22(4)36(39)42-35)41-30(31)15-11-18-37(28)32(26)29(38)7-2/h10,13-15,19,21,25-29,31-32,38H,6-9,11-12,16-18,20H2,1-5H3/b35-34+/t21-,25-,26+,27-,28-,29-,31+,32-/m0/s1. The number of rotatable bonds is 8. The summed E-state index contributed by atoms with van der Waals surface area (Å²) in [6.07, 6.45) is 11.9. The summed E-state index contributed by atoms with van der Waals surface area (Å²) in [7, 11) is 1.58. The van der Waals surface area contributed by atoms with Crippen LogP contribution in [0.3, 0.4) is 0 Å². The Labute approximate surface area is 251 Å². The van der Waals surface area contributed by atoms with Gasteiger partial charge in [-0.1, -0.05) is 57.9 Å². The first-order chi connectivity index (χ1) is 20.4. The van der Waals surface area contributed by atoms with Crippen molar-refractivity contribution in [1.29, 1.82) is 0 Å². The van der Waals surface area contributed by atoms with Crippen molar-refractivity contribution in [2.45, 2.75) is 110 Å². The molecule has 228 valence electrons. The lowest BCUT2D eigenvalue weighted by Gasteiger charge is -2.52. The van der Waals surface area contributed by atoms with Gasteiger partial charge in [-0.25, -0.2) is 4.79 Å². The fourth-order valence-electron chi connectivity index (χ4n) is 9.02. The first-order valence-electron chi connectivity index (χ1n) is 16.5. The van der Waals surface area contributed by atoms with Crippen LogP contribution in [0.1, 0.15) is 96.1 Å². The van der Waals surface area contributed by atoms with Gasteiger partial charge in [0, 0.05) is 30.5 Å². The fraction of sp³-hybridized carbons (Fsp3) is 0.639. The lowest BCUT2D eigenvalue weighted by molar-refractivity contribution is -0.133. The van der Waals surface area contributed by atoms with Crippen LogP contribution in [0.4, 0.5) is 0 Å². The van der Waals surface area contributed by atoms with Crippen LogP contribution in [-0.2, 0) is 25.4 Å². The Bertz CT molecular complexity index is 1280. The molecule has 1 saturated carbocycles. The molecule has 0 amide bonds. The Kier molecular flexibility index (Phi) is 8.57. The Morgan fingerprint density at radius 3 is 2.74 bits per heavy atom.